The van der Waals surface area contributed by atoms with Gasteiger partial charge in [0.25, 0.3) is 0 Å². The van der Waals surface area contributed by atoms with Gasteiger partial charge in [-0.2, -0.15) is 0 Å². The van der Waals surface area contributed by atoms with Crippen LogP contribution in [-0.4, -0.2) is 17.3 Å². The maximum atomic E-state index is 9.26. The number of halogens is 1. The first-order valence-corrected chi connectivity index (χ1v) is 6.00. The van der Waals surface area contributed by atoms with Gasteiger partial charge in [-0.25, -0.2) is 0 Å². The van der Waals surface area contributed by atoms with Crippen molar-refractivity contribution in [3.63, 3.8) is 0 Å². The second-order valence-electron chi connectivity index (χ2n) is 4.02. The molecule has 1 aromatic carbocycles. The Morgan fingerprint density at radius 3 is 2.60 bits per heavy atom. The lowest BCUT2D eigenvalue weighted by Gasteiger charge is -2.27. The van der Waals surface area contributed by atoms with E-state index in [9.17, 15) is 5.11 Å². The summed E-state index contributed by atoms with van der Waals surface area (Å²) in [6.45, 7) is 5.04. The SMILES string of the molecule is CCC(C)(CO)NCc1ccccc1Br. The van der Waals surface area contributed by atoms with Gasteiger partial charge in [0.1, 0.15) is 0 Å². The molecule has 1 atom stereocenters. The summed E-state index contributed by atoms with van der Waals surface area (Å²) < 4.78 is 1.11. The van der Waals surface area contributed by atoms with Crippen molar-refractivity contribution >= 4 is 15.9 Å². The molecule has 0 aliphatic heterocycles. The fourth-order valence-electron chi connectivity index (χ4n) is 1.24. The fraction of sp³-hybridized carbons (Fsp3) is 0.500. The van der Waals surface area contributed by atoms with E-state index >= 15 is 0 Å². The standard InChI is InChI=1S/C12H18BrNO/c1-3-12(2,9-15)14-8-10-6-4-5-7-11(10)13/h4-7,14-15H,3,8-9H2,1-2H3. The summed E-state index contributed by atoms with van der Waals surface area (Å²) in [6.07, 6.45) is 0.911. The van der Waals surface area contributed by atoms with Gasteiger partial charge in [0.15, 0.2) is 0 Å². The average molecular weight is 272 g/mol. The maximum Gasteiger partial charge on any atom is 0.0610 e. The molecule has 0 fully saturated rings. The minimum atomic E-state index is -0.185. The summed E-state index contributed by atoms with van der Waals surface area (Å²) in [5, 5.41) is 12.6. The van der Waals surface area contributed by atoms with Crippen LogP contribution < -0.4 is 5.32 Å². The third kappa shape index (κ3) is 3.59. The number of benzene rings is 1. The highest BCUT2D eigenvalue weighted by molar-refractivity contribution is 9.10. The third-order valence-electron chi connectivity index (χ3n) is 2.79. The molecule has 0 aromatic heterocycles. The zero-order valence-corrected chi connectivity index (χ0v) is 10.8. The zero-order valence-electron chi connectivity index (χ0n) is 9.26. The van der Waals surface area contributed by atoms with Crippen LogP contribution in [-0.2, 0) is 6.54 Å². The van der Waals surface area contributed by atoms with Gasteiger partial charge >= 0.3 is 0 Å². The predicted octanol–water partition coefficient (Wildman–Crippen LogP) is 2.70. The molecule has 15 heavy (non-hydrogen) atoms. The Morgan fingerprint density at radius 2 is 2.07 bits per heavy atom. The summed E-state index contributed by atoms with van der Waals surface area (Å²) in [4.78, 5) is 0. The van der Waals surface area contributed by atoms with Crippen molar-refractivity contribution < 1.29 is 5.11 Å². The van der Waals surface area contributed by atoms with E-state index < -0.39 is 0 Å². The summed E-state index contributed by atoms with van der Waals surface area (Å²) in [7, 11) is 0. The Hall–Kier alpha value is -0.380. The summed E-state index contributed by atoms with van der Waals surface area (Å²) >= 11 is 3.51. The molecule has 0 heterocycles. The molecule has 2 nitrogen and oxygen atoms in total. The second kappa shape index (κ2) is 5.64. The largest absolute Gasteiger partial charge is 0.394 e. The zero-order chi connectivity index (χ0) is 11.3. The molecule has 1 aromatic rings. The van der Waals surface area contributed by atoms with Crippen LogP contribution in [0.2, 0.25) is 0 Å². The molecule has 1 unspecified atom stereocenters. The van der Waals surface area contributed by atoms with E-state index in [2.05, 4.69) is 34.2 Å². The lowest BCUT2D eigenvalue weighted by Crippen LogP contribution is -2.44. The number of nitrogens with one attached hydrogen (secondary N) is 1. The first-order valence-electron chi connectivity index (χ1n) is 5.20. The van der Waals surface area contributed by atoms with E-state index in [1.54, 1.807) is 0 Å². The van der Waals surface area contributed by atoms with Gasteiger partial charge in [-0.3, -0.25) is 0 Å². The molecule has 1 rings (SSSR count). The Morgan fingerprint density at radius 1 is 1.40 bits per heavy atom. The van der Waals surface area contributed by atoms with E-state index in [1.165, 1.54) is 5.56 Å². The number of hydrogen-bond acceptors (Lipinski definition) is 2. The smallest absolute Gasteiger partial charge is 0.0610 e. The highest BCUT2D eigenvalue weighted by atomic mass is 79.9. The molecule has 0 bridgehead atoms. The van der Waals surface area contributed by atoms with Crippen LogP contribution in [0.3, 0.4) is 0 Å². The molecule has 0 radical (unpaired) electrons. The topological polar surface area (TPSA) is 32.3 Å². The van der Waals surface area contributed by atoms with Crippen LogP contribution in [0.15, 0.2) is 28.7 Å². The molecule has 3 heteroatoms. The minimum Gasteiger partial charge on any atom is -0.394 e. The van der Waals surface area contributed by atoms with Crippen molar-refractivity contribution in [1.82, 2.24) is 5.32 Å². The molecule has 0 saturated heterocycles. The summed E-state index contributed by atoms with van der Waals surface area (Å²) in [5.41, 5.74) is 1.03. The van der Waals surface area contributed by atoms with Crippen LogP contribution in [0.5, 0.6) is 0 Å². The van der Waals surface area contributed by atoms with E-state index in [1.807, 2.05) is 25.1 Å². The fourth-order valence-corrected chi connectivity index (χ4v) is 1.67. The molecular weight excluding hydrogens is 254 g/mol. The van der Waals surface area contributed by atoms with E-state index in [-0.39, 0.29) is 12.1 Å². The van der Waals surface area contributed by atoms with Crippen molar-refractivity contribution in [2.75, 3.05) is 6.61 Å². The Kier molecular flexibility index (Phi) is 4.77. The van der Waals surface area contributed by atoms with Gasteiger partial charge in [-0.05, 0) is 25.0 Å². The lowest BCUT2D eigenvalue weighted by atomic mass is 10.00. The van der Waals surface area contributed by atoms with Crippen LogP contribution in [0.25, 0.3) is 0 Å². The molecule has 0 spiro atoms. The van der Waals surface area contributed by atoms with Gasteiger partial charge in [0.05, 0.1) is 6.61 Å². The normalized spacial score (nSPS) is 14.9. The molecule has 0 saturated carbocycles. The number of aliphatic hydroxyl groups excluding tert-OH is 1. The molecule has 84 valence electrons. The first-order chi connectivity index (χ1) is 7.11. The second-order valence-corrected chi connectivity index (χ2v) is 4.87. The van der Waals surface area contributed by atoms with Gasteiger partial charge in [-0.15, -0.1) is 0 Å². The van der Waals surface area contributed by atoms with Crippen LogP contribution in [0, 0.1) is 0 Å². The highest BCUT2D eigenvalue weighted by Crippen LogP contribution is 2.17. The molecular formula is C12H18BrNO. The predicted molar refractivity (Wildman–Crippen MR) is 66.8 cm³/mol. The Labute approximate surface area is 99.8 Å². The van der Waals surface area contributed by atoms with Crippen LogP contribution in [0.4, 0.5) is 0 Å². The Bertz CT molecular complexity index is 310. The van der Waals surface area contributed by atoms with Crippen molar-refractivity contribution in [2.24, 2.45) is 0 Å². The average Bonchev–Trinajstić information content (AvgIpc) is 2.28. The molecule has 0 aliphatic carbocycles. The Balaban J connectivity index is 2.61. The van der Waals surface area contributed by atoms with E-state index in [0.717, 1.165) is 17.4 Å². The van der Waals surface area contributed by atoms with Crippen molar-refractivity contribution in [3.05, 3.63) is 34.3 Å². The lowest BCUT2D eigenvalue weighted by molar-refractivity contribution is 0.169. The van der Waals surface area contributed by atoms with Crippen LogP contribution >= 0.6 is 15.9 Å². The summed E-state index contributed by atoms with van der Waals surface area (Å²) in [5.74, 6) is 0. The number of hydrogen-bond donors (Lipinski definition) is 2. The first kappa shape index (κ1) is 12.7. The molecule has 2 N–H and O–H groups in total. The third-order valence-corrected chi connectivity index (χ3v) is 3.57. The monoisotopic (exact) mass is 271 g/mol. The number of rotatable bonds is 5. The highest BCUT2D eigenvalue weighted by Gasteiger charge is 2.19. The minimum absolute atomic E-state index is 0.161. The van der Waals surface area contributed by atoms with E-state index in [0.29, 0.717) is 0 Å². The van der Waals surface area contributed by atoms with Gasteiger partial charge in [-0.1, -0.05) is 41.1 Å². The molecule has 0 aliphatic rings. The van der Waals surface area contributed by atoms with Gasteiger partial charge < -0.3 is 10.4 Å². The van der Waals surface area contributed by atoms with Gasteiger partial charge in [0.2, 0.25) is 0 Å². The van der Waals surface area contributed by atoms with Crippen molar-refractivity contribution in [1.29, 1.82) is 0 Å². The van der Waals surface area contributed by atoms with Crippen molar-refractivity contribution in [3.8, 4) is 0 Å². The molecule has 0 amide bonds. The number of aliphatic hydroxyl groups is 1. The van der Waals surface area contributed by atoms with Gasteiger partial charge in [0, 0.05) is 16.6 Å². The maximum absolute atomic E-state index is 9.26. The van der Waals surface area contributed by atoms with E-state index in [4.69, 9.17) is 0 Å². The van der Waals surface area contributed by atoms with Crippen molar-refractivity contribution in [2.45, 2.75) is 32.4 Å². The van der Waals surface area contributed by atoms with Crippen LogP contribution in [0.1, 0.15) is 25.8 Å². The quantitative estimate of drug-likeness (QED) is 0.863. The summed E-state index contributed by atoms with van der Waals surface area (Å²) in [6, 6.07) is 8.12.